The summed E-state index contributed by atoms with van der Waals surface area (Å²) in [6.45, 7) is 12.8. The van der Waals surface area contributed by atoms with Crippen LogP contribution in [0.4, 0.5) is 5.82 Å². The first-order valence-corrected chi connectivity index (χ1v) is 8.33. The van der Waals surface area contributed by atoms with E-state index in [-0.39, 0.29) is 0 Å². The van der Waals surface area contributed by atoms with Crippen molar-refractivity contribution in [3.63, 3.8) is 0 Å². The Balaban J connectivity index is 1.99. The standard InChI is InChI=1S/C16H27ClN4/c1-4-5-18-11-14-10-16(19-12-15(14)17)21-8-6-20(7-9-21)13(2)3/h10,12-13,18H,4-9,11H2,1-3H3. The van der Waals surface area contributed by atoms with E-state index in [1.54, 1.807) is 6.20 Å². The van der Waals surface area contributed by atoms with E-state index in [4.69, 9.17) is 11.6 Å². The van der Waals surface area contributed by atoms with Gasteiger partial charge in [-0.2, -0.15) is 0 Å². The molecule has 1 N–H and O–H groups in total. The second kappa shape index (κ2) is 7.97. The van der Waals surface area contributed by atoms with Gasteiger partial charge in [-0.3, -0.25) is 4.90 Å². The molecule has 2 heterocycles. The molecule has 1 aliphatic heterocycles. The molecule has 0 radical (unpaired) electrons. The monoisotopic (exact) mass is 310 g/mol. The van der Waals surface area contributed by atoms with Crippen LogP contribution in [0.2, 0.25) is 5.02 Å². The van der Waals surface area contributed by atoms with Crippen molar-refractivity contribution in [1.82, 2.24) is 15.2 Å². The normalized spacial score (nSPS) is 16.7. The molecule has 0 saturated carbocycles. The van der Waals surface area contributed by atoms with Crippen LogP contribution < -0.4 is 10.2 Å². The van der Waals surface area contributed by atoms with Gasteiger partial charge in [0.25, 0.3) is 0 Å². The summed E-state index contributed by atoms with van der Waals surface area (Å²) in [6.07, 6.45) is 2.92. The highest BCUT2D eigenvalue weighted by atomic mass is 35.5. The van der Waals surface area contributed by atoms with E-state index < -0.39 is 0 Å². The fourth-order valence-corrected chi connectivity index (χ4v) is 2.81. The zero-order chi connectivity index (χ0) is 15.2. The molecule has 0 bridgehead atoms. The molecule has 0 atom stereocenters. The molecule has 0 aromatic carbocycles. The summed E-state index contributed by atoms with van der Waals surface area (Å²) in [5, 5.41) is 4.16. The number of nitrogens with one attached hydrogen (secondary N) is 1. The van der Waals surface area contributed by atoms with Crippen LogP contribution in [0.3, 0.4) is 0 Å². The number of hydrogen-bond acceptors (Lipinski definition) is 4. The summed E-state index contributed by atoms with van der Waals surface area (Å²) < 4.78 is 0. The molecule has 1 aromatic rings. The lowest BCUT2D eigenvalue weighted by Gasteiger charge is -2.37. The molecular formula is C16H27ClN4. The fraction of sp³-hybridized carbons (Fsp3) is 0.688. The number of halogens is 1. The van der Waals surface area contributed by atoms with Crippen LogP contribution in [0.1, 0.15) is 32.8 Å². The van der Waals surface area contributed by atoms with Crippen molar-refractivity contribution < 1.29 is 0 Å². The Morgan fingerprint density at radius 1 is 1.29 bits per heavy atom. The maximum atomic E-state index is 6.25. The zero-order valence-electron chi connectivity index (χ0n) is 13.4. The summed E-state index contributed by atoms with van der Waals surface area (Å²) in [4.78, 5) is 9.38. The molecule has 1 aliphatic rings. The van der Waals surface area contributed by atoms with Crippen molar-refractivity contribution in [3.05, 3.63) is 22.8 Å². The predicted octanol–water partition coefficient (Wildman–Crippen LogP) is 2.77. The van der Waals surface area contributed by atoms with Crippen molar-refractivity contribution in [2.45, 2.75) is 39.8 Å². The van der Waals surface area contributed by atoms with E-state index in [0.29, 0.717) is 6.04 Å². The van der Waals surface area contributed by atoms with Crippen molar-refractivity contribution in [3.8, 4) is 0 Å². The summed E-state index contributed by atoms with van der Waals surface area (Å²) >= 11 is 6.25. The maximum absolute atomic E-state index is 6.25. The molecule has 5 heteroatoms. The molecule has 0 spiro atoms. The van der Waals surface area contributed by atoms with Crippen molar-refractivity contribution >= 4 is 17.4 Å². The zero-order valence-corrected chi connectivity index (χ0v) is 14.2. The van der Waals surface area contributed by atoms with Gasteiger partial charge >= 0.3 is 0 Å². The lowest BCUT2D eigenvalue weighted by molar-refractivity contribution is 0.209. The highest BCUT2D eigenvalue weighted by Gasteiger charge is 2.20. The Kier molecular flexibility index (Phi) is 6.27. The van der Waals surface area contributed by atoms with Gasteiger partial charge in [0.05, 0.1) is 5.02 Å². The molecule has 4 nitrogen and oxygen atoms in total. The van der Waals surface area contributed by atoms with Gasteiger partial charge < -0.3 is 10.2 Å². The Bertz CT molecular complexity index is 442. The van der Waals surface area contributed by atoms with Gasteiger partial charge in [0.2, 0.25) is 0 Å². The molecule has 21 heavy (non-hydrogen) atoms. The molecule has 0 aliphatic carbocycles. The number of pyridine rings is 1. The van der Waals surface area contributed by atoms with Gasteiger partial charge in [-0.15, -0.1) is 0 Å². The van der Waals surface area contributed by atoms with Gasteiger partial charge in [0, 0.05) is 45.0 Å². The fourth-order valence-electron chi connectivity index (χ4n) is 2.64. The third-order valence-electron chi connectivity index (χ3n) is 4.03. The lowest BCUT2D eigenvalue weighted by Crippen LogP contribution is -2.49. The molecule has 118 valence electrons. The smallest absolute Gasteiger partial charge is 0.128 e. The summed E-state index contributed by atoms with van der Waals surface area (Å²) in [6, 6.07) is 2.76. The van der Waals surface area contributed by atoms with Gasteiger partial charge in [-0.05, 0) is 38.4 Å². The van der Waals surface area contributed by atoms with Gasteiger partial charge in [0.15, 0.2) is 0 Å². The van der Waals surface area contributed by atoms with Crippen LogP contribution in [0, 0.1) is 0 Å². The Labute approximate surface area is 133 Å². The molecular weight excluding hydrogens is 284 g/mol. The van der Waals surface area contributed by atoms with Gasteiger partial charge in [-0.25, -0.2) is 4.98 Å². The summed E-state index contributed by atoms with van der Waals surface area (Å²) in [5.74, 6) is 1.05. The summed E-state index contributed by atoms with van der Waals surface area (Å²) in [7, 11) is 0. The average Bonchev–Trinajstić information content (AvgIpc) is 2.49. The summed E-state index contributed by atoms with van der Waals surface area (Å²) in [5.41, 5.74) is 1.14. The molecule has 1 aromatic heterocycles. The maximum Gasteiger partial charge on any atom is 0.128 e. The molecule has 0 unspecified atom stereocenters. The van der Waals surface area contributed by atoms with E-state index in [1.165, 1.54) is 0 Å². The SMILES string of the molecule is CCCNCc1cc(N2CCN(C(C)C)CC2)ncc1Cl. The van der Waals surface area contributed by atoms with E-state index >= 15 is 0 Å². The van der Waals surface area contributed by atoms with Crippen molar-refractivity contribution in [2.24, 2.45) is 0 Å². The first-order valence-electron chi connectivity index (χ1n) is 7.96. The minimum Gasteiger partial charge on any atom is -0.354 e. The van der Waals surface area contributed by atoms with Crippen LogP contribution in [-0.2, 0) is 6.54 Å². The first kappa shape index (κ1) is 16.5. The van der Waals surface area contributed by atoms with E-state index in [0.717, 1.165) is 62.1 Å². The molecule has 0 amide bonds. The molecule has 2 rings (SSSR count). The van der Waals surface area contributed by atoms with Crippen molar-refractivity contribution in [2.75, 3.05) is 37.6 Å². The minimum absolute atomic E-state index is 0.624. The number of anilines is 1. The third kappa shape index (κ3) is 4.56. The van der Waals surface area contributed by atoms with Crippen LogP contribution >= 0.6 is 11.6 Å². The Hall–Kier alpha value is -0.840. The number of nitrogens with zero attached hydrogens (tertiary/aromatic N) is 3. The second-order valence-electron chi connectivity index (χ2n) is 5.93. The molecule has 1 fully saturated rings. The Morgan fingerprint density at radius 3 is 2.62 bits per heavy atom. The Morgan fingerprint density at radius 2 is 2.00 bits per heavy atom. The van der Waals surface area contributed by atoms with Gasteiger partial charge in [-0.1, -0.05) is 18.5 Å². The highest BCUT2D eigenvalue weighted by Crippen LogP contribution is 2.21. The number of aromatic nitrogens is 1. The largest absolute Gasteiger partial charge is 0.354 e. The van der Waals surface area contributed by atoms with E-state index in [9.17, 15) is 0 Å². The third-order valence-corrected chi connectivity index (χ3v) is 4.37. The van der Waals surface area contributed by atoms with Crippen molar-refractivity contribution in [1.29, 1.82) is 0 Å². The average molecular weight is 311 g/mol. The first-order chi connectivity index (χ1) is 10.1. The van der Waals surface area contributed by atoms with Crippen LogP contribution in [0.15, 0.2) is 12.3 Å². The second-order valence-corrected chi connectivity index (χ2v) is 6.33. The quantitative estimate of drug-likeness (QED) is 0.819. The van der Waals surface area contributed by atoms with Crippen LogP contribution in [0.5, 0.6) is 0 Å². The highest BCUT2D eigenvalue weighted by molar-refractivity contribution is 6.31. The predicted molar refractivity (Wildman–Crippen MR) is 90.2 cm³/mol. The lowest BCUT2D eigenvalue weighted by atomic mass is 10.2. The van der Waals surface area contributed by atoms with Crippen LogP contribution in [0.25, 0.3) is 0 Å². The van der Waals surface area contributed by atoms with E-state index in [2.05, 4.69) is 46.9 Å². The topological polar surface area (TPSA) is 31.4 Å². The minimum atomic E-state index is 0.624. The molecule has 1 saturated heterocycles. The number of rotatable bonds is 6. The van der Waals surface area contributed by atoms with Gasteiger partial charge in [0.1, 0.15) is 5.82 Å². The number of piperazine rings is 1. The van der Waals surface area contributed by atoms with E-state index in [1.807, 2.05) is 0 Å². The van der Waals surface area contributed by atoms with Crippen LogP contribution in [-0.4, -0.2) is 48.6 Å². The number of hydrogen-bond donors (Lipinski definition) is 1.